The predicted octanol–water partition coefficient (Wildman–Crippen LogP) is 3.53. The molecular formula is C31H48FN5O7. The number of aromatic nitrogens is 3. The largest absolute Gasteiger partial charge is 0.478 e. The van der Waals surface area contributed by atoms with Gasteiger partial charge in [-0.1, -0.05) is 52.1 Å². The molecular weight excluding hydrogens is 573 g/mol. The topological polar surface area (TPSA) is 164 Å². The van der Waals surface area contributed by atoms with E-state index < -0.39 is 17.9 Å². The average molecular weight is 622 g/mol. The van der Waals surface area contributed by atoms with Crippen molar-refractivity contribution in [3.63, 3.8) is 0 Å². The first kappa shape index (κ1) is 40.2. The molecule has 1 fully saturated rings. The molecule has 1 aromatic heterocycles. The van der Waals surface area contributed by atoms with E-state index in [-0.39, 0.29) is 48.7 Å². The standard InChI is InChI=1S/C26H40FN5O3.C3H4O2.CO2.CH4/c1-5-24(33)19-14-20(16-28-15-19)31(17-18(2)3)26(34)25-23(12-8-9-13-35-4)32(30-29-25)22-11-7-6-10-21(22)27;1-2-3(4)5;2-1-3;/h6-7,10-11,18-20,24,28,33H,5,8-9,12-17H2,1-4H3;2H,1H2,(H,4,5);;1H4/t19-,20+,24?;;;/m1.../s1. The first-order chi connectivity index (χ1) is 20.6. The molecule has 1 aliphatic rings. The zero-order valence-electron chi connectivity index (χ0n) is 25.4. The molecule has 0 saturated carbocycles. The lowest BCUT2D eigenvalue weighted by Gasteiger charge is -2.40. The Hall–Kier alpha value is -3.77. The smallest absolute Gasteiger partial charge is 0.373 e. The van der Waals surface area contributed by atoms with E-state index in [0.717, 1.165) is 31.9 Å². The number of nitrogens with zero attached hydrogens (tertiary/aromatic N) is 4. The molecule has 13 heteroatoms. The third-order valence-electron chi connectivity index (χ3n) is 6.82. The molecule has 2 heterocycles. The maximum Gasteiger partial charge on any atom is 0.373 e. The highest BCUT2D eigenvalue weighted by Gasteiger charge is 2.35. The Morgan fingerprint density at radius 3 is 2.45 bits per heavy atom. The van der Waals surface area contributed by atoms with Crippen LogP contribution in [-0.4, -0.2) is 93.6 Å². The van der Waals surface area contributed by atoms with Gasteiger partial charge in [-0.15, -0.1) is 5.10 Å². The number of hydrogen-bond acceptors (Lipinski definition) is 9. The Kier molecular flexibility index (Phi) is 20.0. The van der Waals surface area contributed by atoms with Crippen molar-refractivity contribution in [3.05, 3.63) is 54.1 Å². The fourth-order valence-corrected chi connectivity index (χ4v) is 4.79. The highest BCUT2D eigenvalue weighted by Crippen LogP contribution is 2.25. The second-order valence-corrected chi connectivity index (χ2v) is 10.5. The minimum absolute atomic E-state index is 0. The summed E-state index contributed by atoms with van der Waals surface area (Å²) in [5.41, 5.74) is 1.16. The number of piperidine rings is 1. The molecule has 0 bridgehead atoms. The van der Waals surface area contributed by atoms with Crippen LogP contribution in [0.1, 0.15) is 70.1 Å². The number of nitrogens with one attached hydrogen (secondary N) is 1. The number of carbonyl (C=O) groups is 2. The molecule has 2 aromatic rings. The molecule has 246 valence electrons. The zero-order chi connectivity index (χ0) is 32.4. The number of hydrogen-bond donors (Lipinski definition) is 3. The summed E-state index contributed by atoms with van der Waals surface area (Å²) < 4.78 is 21.3. The summed E-state index contributed by atoms with van der Waals surface area (Å²) in [5.74, 6) is -1.25. The molecule has 1 amide bonds. The first-order valence-corrected chi connectivity index (χ1v) is 14.3. The highest BCUT2D eigenvalue weighted by atomic mass is 19.1. The highest BCUT2D eigenvalue weighted by molar-refractivity contribution is 5.93. The molecule has 3 N–H and O–H groups in total. The molecule has 0 aliphatic carbocycles. The van der Waals surface area contributed by atoms with Crippen LogP contribution in [0.3, 0.4) is 0 Å². The van der Waals surface area contributed by atoms with Crippen LogP contribution in [0.4, 0.5) is 4.39 Å². The minimum Gasteiger partial charge on any atom is -0.478 e. The van der Waals surface area contributed by atoms with Crippen molar-refractivity contribution in [2.45, 2.75) is 72.4 Å². The minimum atomic E-state index is -0.981. The number of carbonyl (C=O) groups excluding carboxylic acids is 3. The fraction of sp³-hybridized carbons (Fsp3) is 0.581. The van der Waals surface area contributed by atoms with E-state index >= 15 is 0 Å². The lowest BCUT2D eigenvalue weighted by molar-refractivity contribution is -0.191. The van der Waals surface area contributed by atoms with E-state index in [2.05, 4.69) is 36.1 Å². The number of unbranched alkanes of at least 4 members (excludes halogenated alkanes) is 1. The Morgan fingerprint density at radius 2 is 1.91 bits per heavy atom. The van der Waals surface area contributed by atoms with Crippen LogP contribution in [0.15, 0.2) is 36.9 Å². The second kappa shape index (κ2) is 21.8. The number of carboxylic acid groups (broad SMARTS) is 1. The number of aliphatic carboxylic acids is 1. The van der Waals surface area contributed by atoms with Gasteiger partial charge in [0.2, 0.25) is 0 Å². The number of methoxy groups -OCH3 is 1. The van der Waals surface area contributed by atoms with Crippen LogP contribution < -0.4 is 5.32 Å². The van der Waals surface area contributed by atoms with Crippen LogP contribution in [0.25, 0.3) is 5.69 Å². The lowest BCUT2D eigenvalue weighted by Crippen LogP contribution is -2.54. The Bertz CT molecular complexity index is 1180. The summed E-state index contributed by atoms with van der Waals surface area (Å²) in [7, 11) is 1.66. The summed E-state index contributed by atoms with van der Waals surface area (Å²) in [6.45, 7) is 11.7. The van der Waals surface area contributed by atoms with Crippen LogP contribution in [0.5, 0.6) is 0 Å². The zero-order valence-corrected chi connectivity index (χ0v) is 25.4. The van der Waals surface area contributed by atoms with Crippen LogP contribution in [0, 0.1) is 17.7 Å². The number of halogens is 1. The van der Waals surface area contributed by atoms with Crippen molar-refractivity contribution < 1.29 is 38.5 Å². The summed E-state index contributed by atoms with van der Waals surface area (Å²) in [4.78, 5) is 41.3. The van der Waals surface area contributed by atoms with Gasteiger partial charge in [0.15, 0.2) is 5.69 Å². The Balaban J connectivity index is 0.00000183. The number of ether oxygens (including phenoxy) is 1. The van der Waals surface area contributed by atoms with Crippen molar-refractivity contribution in [2.24, 2.45) is 11.8 Å². The average Bonchev–Trinajstić information content (AvgIpc) is 3.41. The van der Waals surface area contributed by atoms with E-state index in [1.165, 1.54) is 10.7 Å². The second-order valence-electron chi connectivity index (χ2n) is 10.5. The third-order valence-corrected chi connectivity index (χ3v) is 6.82. The van der Waals surface area contributed by atoms with Crippen LogP contribution in [-0.2, 0) is 25.5 Å². The molecule has 1 aliphatic heterocycles. The molecule has 0 radical (unpaired) electrons. The molecule has 12 nitrogen and oxygen atoms in total. The summed E-state index contributed by atoms with van der Waals surface area (Å²) in [6, 6.07) is 6.33. The molecule has 3 rings (SSSR count). The predicted molar refractivity (Wildman–Crippen MR) is 163 cm³/mol. The first-order valence-electron chi connectivity index (χ1n) is 14.3. The SMILES string of the molecule is C.C=CC(=O)O.CCC(O)[C@H]1CNC[C@@H](N(CC(C)C)C(=O)c2nnn(-c3ccccc3F)c2CCCCOC)C1.O=C=O. The molecule has 3 atom stereocenters. The van der Waals surface area contributed by atoms with Crippen molar-refractivity contribution in [2.75, 3.05) is 33.4 Å². The van der Waals surface area contributed by atoms with E-state index in [1.54, 1.807) is 25.3 Å². The molecule has 1 saturated heterocycles. The number of benzene rings is 1. The van der Waals surface area contributed by atoms with Crippen LogP contribution in [0.2, 0.25) is 0 Å². The summed E-state index contributed by atoms with van der Waals surface area (Å²) in [6.07, 6.45) is 4.19. The molecule has 0 spiro atoms. The molecule has 1 unspecified atom stereocenters. The van der Waals surface area contributed by atoms with Gasteiger partial charge >= 0.3 is 12.1 Å². The van der Waals surface area contributed by atoms with Crippen molar-refractivity contribution in [1.29, 1.82) is 0 Å². The van der Waals surface area contributed by atoms with Gasteiger partial charge in [-0.05, 0) is 56.1 Å². The maximum absolute atomic E-state index is 14.6. The summed E-state index contributed by atoms with van der Waals surface area (Å²) in [5, 5.41) is 30.0. The Morgan fingerprint density at radius 1 is 1.27 bits per heavy atom. The monoisotopic (exact) mass is 621 g/mol. The van der Waals surface area contributed by atoms with Gasteiger partial charge in [0.05, 0.1) is 11.8 Å². The molecule has 1 aromatic carbocycles. The number of aliphatic hydroxyl groups is 1. The van der Waals surface area contributed by atoms with Gasteiger partial charge in [0.1, 0.15) is 11.5 Å². The van der Waals surface area contributed by atoms with E-state index in [4.69, 9.17) is 19.4 Å². The van der Waals surface area contributed by atoms with Gasteiger partial charge in [-0.3, -0.25) is 4.79 Å². The van der Waals surface area contributed by atoms with E-state index in [0.29, 0.717) is 38.2 Å². The number of carboxylic acids is 1. The number of rotatable bonds is 13. The number of amides is 1. The van der Waals surface area contributed by atoms with Gasteiger partial charge in [-0.25, -0.2) is 13.9 Å². The number of para-hydroxylation sites is 1. The van der Waals surface area contributed by atoms with Crippen molar-refractivity contribution in [3.8, 4) is 5.69 Å². The van der Waals surface area contributed by atoms with Gasteiger partial charge in [0.25, 0.3) is 5.91 Å². The lowest BCUT2D eigenvalue weighted by atomic mass is 9.88. The Labute approximate surface area is 259 Å². The third kappa shape index (κ3) is 12.8. The quantitative estimate of drug-likeness (QED) is 0.223. The molecule has 44 heavy (non-hydrogen) atoms. The normalized spacial score (nSPS) is 16.2. The van der Waals surface area contributed by atoms with Crippen LogP contribution >= 0.6 is 0 Å². The van der Waals surface area contributed by atoms with Crippen molar-refractivity contribution >= 4 is 18.0 Å². The van der Waals surface area contributed by atoms with Gasteiger partial charge in [-0.2, -0.15) is 9.59 Å². The summed E-state index contributed by atoms with van der Waals surface area (Å²) >= 11 is 0. The number of aliphatic hydroxyl groups excluding tert-OH is 1. The maximum atomic E-state index is 14.6. The van der Waals surface area contributed by atoms with E-state index in [1.807, 2.05) is 11.8 Å². The van der Waals surface area contributed by atoms with Gasteiger partial charge in [0, 0.05) is 45.5 Å². The van der Waals surface area contributed by atoms with Crippen molar-refractivity contribution in [1.82, 2.24) is 25.2 Å². The van der Waals surface area contributed by atoms with E-state index in [9.17, 15) is 19.1 Å². The fourth-order valence-electron chi connectivity index (χ4n) is 4.79. The van der Waals surface area contributed by atoms with Gasteiger partial charge < -0.3 is 25.2 Å².